The minimum atomic E-state index is -0.193. The van der Waals surface area contributed by atoms with Gasteiger partial charge >= 0.3 is 0 Å². The predicted molar refractivity (Wildman–Crippen MR) is 103 cm³/mol. The molecule has 0 unspecified atom stereocenters. The smallest absolute Gasteiger partial charge is 0.150 e. The number of halogens is 1. The summed E-state index contributed by atoms with van der Waals surface area (Å²) in [6, 6.07) is 7.04. The molecule has 0 aliphatic heterocycles. The molecule has 2 heterocycles. The summed E-state index contributed by atoms with van der Waals surface area (Å²) in [5, 5.41) is 4.75. The Bertz CT molecular complexity index is 896. The first-order chi connectivity index (χ1) is 12.1. The number of hydrogen-bond donors (Lipinski definition) is 1. The van der Waals surface area contributed by atoms with Crippen molar-refractivity contribution < 1.29 is 4.39 Å². The molecule has 0 saturated carbocycles. The molecule has 25 heavy (non-hydrogen) atoms. The van der Waals surface area contributed by atoms with Crippen molar-refractivity contribution in [3.63, 3.8) is 0 Å². The second kappa shape index (κ2) is 7.26. The third-order valence-electron chi connectivity index (χ3n) is 4.91. The fourth-order valence-corrected chi connectivity index (χ4v) is 3.61. The Morgan fingerprint density at radius 3 is 2.64 bits per heavy atom. The van der Waals surface area contributed by atoms with Crippen molar-refractivity contribution in [2.45, 2.75) is 53.6 Å². The molecule has 1 aromatic carbocycles. The van der Waals surface area contributed by atoms with Gasteiger partial charge in [-0.1, -0.05) is 19.9 Å². The topological polar surface area (TPSA) is 29.9 Å². The first-order valence-corrected chi connectivity index (χ1v) is 9.02. The number of rotatable bonds is 6. The van der Waals surface area contributed by atoms with Crippen LogP contribution < -0.4 is 5.32 Å². The summed E-state index contributed by atoms with van der Waals surface area (Å²) in [7, 11) is 0. The van der Waals surface area contributed by atoms with Crippen LogP contribution in [-0.2, 0) is 19.5 Å². The van der Waals surface area contributed by atoms with Crippen LogP contribution in [0.3, 0.4) is 0 Å². The van der Waals surface area contributed by atoms with Crippen molar-refractivity contribution in [1.82, 2.24) is 9.55 Å². The van der Waals surface area contributed by atoms with E-state index in [0.29, 0.717) is 6.54 Å². The number of hydrogen-bond acceptors (Lipinski definition) is 2. The number of benzene rings is 1. The molecule has 3 aromatic rings. The molecular weight excluding hydrogens is 313 g/mol. The van der Waals surface area contributed by atoms with Crippen LogP contribution in [0.5, 0.6) is 0 Å². The zero-order valence-corrected chi connectivity index (χ0v) is 15.5. The van der Waals surface area contributed by atoms with E-state index in [1.54, 1.807) is 6.07 Å². The predicted octanol–water partition coefficient (Wildman–Crippen LogP) is 5.38. The van der Waals surface area contributed by atoms with Crippen LogP contribution in [0.2, 0.25) is 0 Å². The Kier molecular flexibility index (Phi) is 5.07. The molecule has 2 aromatic heterocycles. The maximum atomic E-state index is 13.3. The second-order valence-electron chi connectivity index (χ2n) is 6.55. The van der Waals surface area contributed by atoms with Crippen LogP contribution in [0, 0.1) is 19.7 Å². The molecule has 3 rings (SSSR count). The maximum Gasteiger partial charge on any atom is 0.150 e. The van der Waals surface area contributed by atoms with Gasteiger partial charge in [0, 0.05) is 30.4 Å². The molecule has 0 aliphatic rings. The molecule has 4 heteroatoms. The van der Waals surface area contributed by atoms with Crippen LogP contribution >= 0.6 is 0 Å². The molecule has 0 bridgehead atoms. The number of aryl methyl sites for hydroxylation is 3. The summed E-state index contributed by atoms with van der Waals surface area (Å²) in [5.41, 5.74) is 5.94. The lowest BCUT2D eigenvalue weighted by atomic mass is 10.1. The third kappa shape index (κ3) is 3.26. The molecule has 3 nitrogen and oxygen atoms in total. The summed E-state index contributed by atoms with van der Waals surface area (Å²) in [5.74, 6) is 0.707. The van der Waals surface area contributed by atoms with Crippen LogP contribution in [0.4, 0.5) is 10.2 Å². The number of anilines is 1. The van der Waals surface area contributed by atoms with Crippen molar-refractivity contribution in [3.8, 4) is 0 Å². The largest absolute Gasteiger partial charge is 0.364 e. The van der Waals surface area contributed by atoms with Gasteiger partial charge in [-0.15, -0.1) is 0 Å². The molecule has 0 fully saturated rings. The van der Waals surface area contributed by atoms with Gasteiger partial charge in [-0.3, -0.25) is 0 Å². The highest BCUT2D eigenvalue weighted by Crippen LogP contribution is 2.31. The number of fused-ring (bicyclic) bond motifs is 1. The van der Waals surface area contributed by atoms with Gasteiger partial charge in [0.1, 0.15) is 5.82 Å². The van der Waals surface area contributed by atoms with E-state index < -0.39 is 0 Å². The molecule has 0 atom stereocenters. The molecule has 0 saturated heterocycles. The van der Waals surface area contributed by atoms with Crippen molar-refractivity contribution in [3.05, 3.63) is 58.7 Å². The van der Waals surface area contributed by atoms with Gasteiger partial charge in [0.15, 0.2) is 5.82 Å². The third-order valence-corrected chi connectivity index (χ3v) is 4.91. The quantitative estimate of drug-likeness (QED) is 0.654. The van der Waals surface area contributed by atoms with E-state index in [1.807, 2.05) is 19.2 Å². The Labute approximate surface area is 148 Å². The lowest BCUT2D eigenvalue weighted by molar-refractivity contribution is 0.625. The van der Waals surface area contributed by atoms with Crippen LogP contribution in [0.15, 0.2) is 30.5 Å². The highest BCUT2D eigenvalue weighted by Gasteiger charge is 2.16. The lowest BCUT2D eigenvalue weighted by Gasteiger charge is -2.12. The number of pyridine rings is 1. The minimum Gasteiger partial charge on any atom is -0.364 e. The summed E-state index contributed by atoms with van der Waals surface area (Å²) in [6.07, 6.45) is 3.97. The van der Waals surface area contributed by atoms with E-state index in [9.17, 15) is 4.39 Å². The van der Waals surface area contributed by atoms with Gasteiger partial charge in [-0.25, -0.2) is 9.37 Å². The summed E-state index contributed by atoms with van der Waals surface area (Å²) >= 11 is 0. The van der Waals surface area contributed by atoms with Crippen molar-refractivity contribution in [1.29, 1.82) is 0 Å². The van der Waals surface area contributed by atoms with Gasteiger partial charge in [0.05, 0.1) is 5.52 Å². The zero-order chi connectivity index (χ0) is 18.0. The molecule has 0 radical (unpaired) electrons. The Morgan fingerprint density at radius 1 is 1.16 bits per heavy atom. The number of aromatic nitrogens is 2. The van der Waals surface area contributed by atoms with Gasteiger partial charge in [-0.05, 0) is 61.6 Å². The fourth-order valence-electron chi connectivity index (χ4n) is 3.61. The molecule has 132 valence electrons. The minimum absolute atomic E-state index is 0.193. The van der Waals surface area contributed by atoms with Gasteiger partial charge < -0.3 is 9.88 Å². The molecule has 0 amide bonds. The lowest BCUT2D eigenvalue weighted by Crippen LogP contribution is -2.07. The standard InChI is InChI=1S/C21H26FN3/c1-5-11-25-15(4)18(6-2)19-9-10-23-21(20(19)25)24-13-16-7-8-17(22)12-14(16)3/h7-10,12H,5-6,11,13H2,1-4H3,(H,23,24). The van der Waals surface area contributed by atoms with E-state index in [-0.39, 0.29) is 5.82 Å². The van der Waals surface area contributed by atoms with Gasteiger partial charge in [0.25, 0.3) is 0 Å². The SMILES string of the molecule is CCCn1c(C)c(CC)c2ccnc(NCc3ccc(F)cc3C)c21. The number of nitrogens with one attached hydrogen (secondary N) is 1. The molecule has 0 aliphatic carbocycles. The Balaban J connectivity index is 2.01. The summed E-state index contributed by atoms with van der Waals surface area (Å²) in [6.45, 7) is 10.2. The average molecular weight is 339 g/mol. The Morgan fingerprint density at radius 2 is 1.96 bits per heavy atom. The van der Waals surface area contributed by atoms with Crippen molar-refractivity contribution >= 4 is 16.7 Å². The van der Waals surface area contributed by atoms with Gasteiger partial charge in [0.2, 0.25) is 0 Å². The monoisotopic (exact) mass is 339 g/mol. The zero-order valence-electron chi connectivity index (χ0n) is 15.5. The molecule has 1 N–H and O–H groups in total. The van der Waals surface area contributed by atoms with Gasteiger partial charge in [-0.2, -0.15) is 0 Å². The summed E-state index contributed by atoms with van der Waals surface area (Å²) in [4.78, 5) is 4.59. The highest BCUT2D eigenvalue weighted by molar-refractivity contribution is 5.93. The molecule has 0 spiro atoms. The van der Waals surface area contributed by atoms with E-state index in [0.717, 1.165) is 36.3 Å². The van der Waals surface area contributed by atoms with E-state index in [2.05, 4.69) is 41.7 Å². The van der Waals surface area contributed by atoms with Crippen LogP contribution in [0.25, 0.3) is 10.9 Å². The molecular formula is C21H26FN3. The van der Waals surface area contributed by atoms with Crippen LogP contribution in [-0.4, -0.2) is 9.55 Å². The summed E-state index contributed by atoms with van der Waals surface area (Å²) < 4.78 is 15.7. The first kappa shape index (κ1) is 17.5. The van der Waals surface area contributed by atoms with E-state index >= 15 is 0 Å². The first-order valence-electron chi connectivity index (χ1n) is 9.02. The van der Waals surface area contributed by atoms with Crippen LogP contribution in [0.1, 0.15) is 42.7 Å². The highest BCUT2D eigenvalue weighted by atomic mass is 19.1. The number of nitrogens with zero attached hydrogens (tertiary/aromatic N) is 2. The normalized spacial score (nSPS) is 11.2. The maximum absolute atomic E-state index is 13.3. The van der Waals surface area contributed by atoms with E-state index in [4.69, 9.17) is 0 Å². The fraction of sp³-hybridized carbons (Fsp3) is 0.381. The average Bonchev–Trinajstić information content (AvgIpc) is 2.86. The van der Waals surface area contributed by atoms with Crippen molar-refractivity contribution in [2.24, 2.45) is 0 Å². The van der Waals surface area contributed by atoms with Crippen molar-refractivity contribution in [2.75, 3.05) is 5.32 Å². The van der Waals surface area contributed by atoms with E-state index in [1.165, 1.54) is 28.2 Å². The second-order valence-corrected chi connectivity index (χ2v) is 6.55. The Hall–Kier alpha value is -2.36.